The quantitative estimate of drug-likeness (QED) is 0.876. The Balaban J connectivity index is 2.14. The van der Waals surface area contributed by atoms with Crippen molar-refractivity contribution in [3.63, 3.8) is 0 Å². The average Bonchev–Trinajstić information content (AvgIpc) is 2.86. The first kappa shape index (κ1) is 15.6. The van der Waals surface area contributed by atoms with E-state index in [0.717, 1.165) is 30.2 Å². The number of halogens is 1. The molecule has 1 heterocycles. The van der Waals surface area contributed by atoms with E-state index in [1.54, 1.807) is 0 Å². The van der Waals surface area contributed by atoms with Crippen LogP contribution in [0.25, 0.3) is 0 Å². The summed E-state index contributed by atoms with van der Waals surface area (Å²) in [5.74, 6) is 0. The summed E-state index contributed by atoms with van der Waals surface area (Å²) in [5.41, 5.74) is 8.13. The molecule has 0 saturated carbocycles. The van der Waals surface area contributed by atoms with Crippen LogP contribution >= 0.6 is 11.6 Å². The van der Waals surface area contributed by atoms with Gasteiger partial charge in [0.2, 0.25) is 0 Å². The normalized spacial score (nSPS) is 19.5. The Labute approximate surface area is 127 Å². The fraction of sp³-hybridized carbons (Fsp3) is 0.625. The van der Waals surface area contributed by atoms with E-state index in [9.17, 15) is 0 Å². The molecule has 1 saturated heterocycles. The Morgan fingerprint density at radius 1 is 1.45 bits per heavy atom. The molecule has 1 fully saturated rings. The highest BCUT2D eigenvalue weighted by Crippen LogP contribution is 2.30. The number of anilines is 1. The van der Waals surface area contributed by atoms with E-state index in [4.69, 9.17) is 17.3 Å². The van der Waals surface area contributed by atoms with Crippen LogP contribution in [0.15, 0.2) is 18.2 Å². The summed E-state index contributed by atoms with van der Waals surface area (Å²) >= 11 is 6.42. The zero-order valence-corrected chi connectivity index (χ0v) is 13.4. The summed E-state index contributed by atoms with van der Waals surface area (Å²) in [6.07, 6.45) is 3.47. The molecule has 1 aromatic carbocycles. The Morgan fingerprint density at radius 2 is 2.25 bits per heavy atom. The third-order valence-corrected chi connectivity index (χ3v) is 4.56. The van der Waals surface area contributed by atoms with Crippen molar-refractivity contribution in [2.24, 2.45) is 5.73 Å². The van der Waals surface area contributed by atoms with Gasteiger partial charge in [0.25, 0.3) is 0 Å². The van der Waals surface area contributed by atoms with Crippen LogP contribution in [0.5, 0.6) is 0 Å². The predicted octanol–water partition coefficient (Wildman–Crippen LogP) is 2.76. The van der Waals surface area contributed by atoms with Crippen molar-refractivity contribution in [3.8, 4) is 0 Å². The lowest BCUT2D eigenvalue weighted by Crippen LogP contribution is -2.39. The van der Waals surface area contributed by atoms with Crippen LogP contribution in [0.2, 0.25) is 5.02 Å². The maximum absolute atomic E-state index is 6.42. The van der Waals surface area contributed by atoms with Crippen molar-refractivity contribution in [2.75, 3.05) is 38.1 Å². The number of hydrogen-bond donors (Lipinski definition) is 1. The van der Waals surface area contributed by atoms with Crippen LogP contribution in [0.1, 0.15) is 25.3 Å². The van der Waals surface area contributed by atoms with E-state index in [-0.39, 0.29) is 0 Å². The van der Waals surface area contributed by atoms with Gasteiger partial charge in [-0.2, -0.15) is 0 Å². The van der Waals surface area contributed by atoms with Crippen molar-refractivity contribution in [1.29, 1.82) is 0 Å². The van der Waals surface area contributed by atoms with Gasteiger partial charge in [-0.15, -0.1) is 0 Å². The Hall–Kier alpha value is -0.770. The van der Waals surface area contributed by atoms with Gasteiger partial charge in [-0.3, -0.25) is 4.90 Å². The van der Waals surface area contributed by atoms with E-state index in [0.29, 0.717) is 12.6 Å². The van der Waals surface area contributed by atoms with Gasteiger partial charge < -0.3 is 10.6 Å². The molecule has 2 rings (SSSR count). The van der Waals surface area contributed by atoms with Crippen molar-refractivity contribution >= 4 is 17.3 Å². The van der Waals surface area contributed by atoms with Crippen molar-refractivity contribution in [2.45, 2.75) is 32.2 Å². The molecule has 1 aliphatic rings. The largest absolute Gasteiger partial charge is 0.372 e. The minimum absolute atomic E-state index is 0.645. The molecule has 2 N–H and O–H groups in total. The molecule has 0 bridgehead atoms. The first-order valence-corrected chi connectivity index (χ1v) is 7.97. The van der Waals surface area contributed by atoms with Gasteiger partial charge in [0.05, 0.1) is 10.7 Å². The Kier molecular flexibility index (Phi) is 5.70. The molecule has 3 nitrogen and oxygen atoms in total. The molecule has 4 heteroatoms. The van der Waals surface area contributed by atoms with Gasteiger partial charge >= 0.3 is 0 Å². The summed E-state index contributed by atoms with van der Waals surface area (Å²) in [5, 5.41) is 0.833. The molecule has 1 aromatic rings. The SMILES string of the molecule is CCN1CCCC1CN(C)c1c(Cl)cccc1CCN. The zero-order valence-electron chi connectivity index (χ0n) is 12.6. The maximum atomic E-state index is 6.42. The first-order valence-electron chi connectivity index (χ1n) is 7.60. The van der Waals surface area contributed by atoms with Gasteiger partial charge in [-0.25, -0.2) is 0 Å². The van der Waals surface area contributed by atoms with Crippen molar-refractivity contribution in [1.82, 2.24) is 4.90 Å². The van der Waals surface area contributed by atoms with Crippen LogP contribution in [0.4, 0.5) is 5.69 Å². The van der Waals surface area contributed by atoms with E-state index in [1.165, 1.54) is 24.9 Å². The molecule has 0 spiro atoms. The molecule has 1 atom stereocenters. The second kappa shape index (κ2) is 7.30. The standard InChI is InChI=1S/C16H26ClN3/c1-3-20-11-5-7-14(20)12-19(2)16-13(9-10-18)6-4-8-15(16)17/h4,6,8,14H,3,5,7,9-12,18H2,1-2H3. The minimum atomic E-state index is 0.645. The molecule has 1 aliphatic heterocycles. The van der Waals surface area contributed by atoms with Gasteiger partial charge in [0.15, 0.2) is 0 Å². The summed E-state index contributed by atoms with van der Waals surface area (Å²) in [6, 6.07) is 6.77. The highest BCUT2D eigenvalue weighted by molar-refractivity contribution is 6.33. The van der Waals surface area contributed by atoms with E-state index in [2.05, 4.69) is 29.8 Å². The zero-order chi connectivity index (χ0) is 14.5. The average molecular weight is 296 g/mol. The van der Waals surface area contributed by atoms with Gasteiger partial charge in [0.1, 0.15) is 0 Å². The number of likely N-dealkylation sites (N-methyl/N-ethyl adjacent to an activating group) is 2. The Bertz CT molecular complexity index is 436. The molecule has 0 radical (unpaired) electrons. The number of rotatable bonds is 6. The molecule has 1 unspecified atom stereocenters. The number of hydrogen-bond acceptors (Lipinski definition) is 3. The lowest BCUT2D eigenvalue weighted by atomic mass is 10.1. The molecule has 112 valence electrons. The second-order valence-corrected chi connectivity index (χ2v) is 6.00. The third kappa shape index (κ3) is 3.46. The van der Waals surface area contributed by atoms with E-state index in [1.807, 2.05) is 12.1 Å². The van der Waals surface area contributed by atoms with Crippen LogP contribution in [0, 0.1) is 0 Å². The van der Waals surface area contributed by atoms with E-state index < -0.39 is 0 Å². The summed E-state index contributed by atoms with van der Waals surface area (Å²) < 4.78 is 0. The lowest BCUT2D eigenvalue weighted by molar-refractivity contribution is 0.270. The molecule has 0 aromatic heterocycles. The smallest absolute Gasteiger partial charge is 0.0642 e. The van der Waals surface area contributed by atoms with Crippen molar-refractivity contribution in [3.05, 3.63) is 28.8 Å². The molecule has 20 heavy (non-hydrogen) atoms. The Morgan fingerprint density at radius 3 is 2.95 bits per heavy atom. The van der Waals surface area contributed by atoms with Crippen LogP contribution < -0.4 is 10.6 Å². The number of para-hydroxylation sites is 1. The third-order valence-electron chi connectivity index (χ3n) is 4.26. The van der Waals surface area contributed by atoms with Gasteiger partial charge in [0, 0.05) is 19.6 Å². The topological polar surface area (TPSA) is 32.5 Å². The van der Waals surface area contributed by atoms with Gasteiger partial charge in [-0.05, 0) is 50.5 Å². The van der Waals surface area contributed by atoms with E-state index >= 15 is 0 Å². The minimum Gasteiger partial charge on any atom is -0.372 e. The first-order chi connectivity index (χ1) is 9.67. The number of nitrogens with two attached hydrogens (primary N) is 1. The molecular weight excluding hydrogens is 270 g/mol. The van der Waals surface area contributed by atoms with Crippen LogP contribution in [0.3, 0.4) is 0 Å². The molecular formula is C16H26ClN3. The van der Waals surface area contributed by atoms with Gasteiger partial charge in [-0.1, -0.05) is 30.7 Å². The monoisotopic (exact) mass is 295 g/mol. The number of nitrogens with zero attached hydrogens (tertiary/aromatic N) is 2. The second-order valence-electron chi connectivity index (χ2n) is 5.59. The molecule has 0 amide bonds. The lowest BCUT2D eigenvalue weighted by Gasteiger charge is -2.30. The highest BCUT2D eigenvalue weighted by Gasteiger charge is 2.25. The predicted molar refractivity (Wildman–Crippen MR) is 87.7 cm³/mol. The molecule has 0 aliphatic carbocycles. The summed E-state index contributed by atoms with van der Waals surface area (Å²) in [4.78, 5) is 4.88. The summed E-state index contributed by atoms with van der Waals surface area (Å²) in [6.45, 7) is 6.30. The number of likely N-dealkylation sites (tertiary alicyclic amines) is 1. The maximum Gasteiger partial charge on any atom is 0.0642 e. The van der Waals surface area contributed by atoms with Crippen LogP contribution in [-0.4, -0.2) is 44.2 Å². The highest BCUT2D eigenvalue weighted by atomic mass is 35.5. The van der Waals surface area contributed by atoms with Crippen molar-refractivity contribution < 1.29 is 0 Å². The van der Waals surface area contributed by atoms with Crippen LogP contribution in [-0.2, 0) is 6.42 Å². The summed E-state index contributed by atoms with van der Waals surface area (Å²) in [7, 11) is 2.15. The fourth-order valence-electron chi connectivity index (χ4n) is 3.27. The number of benzene rings is 1. The fourth-order valence-corrected chi connectivity index (χ4v) is 3.61.